The van der Waals surface area contributed by atoms with Crippen LogP contribution in [0, 0.1) is 0 Å². The normalized spacial score (nSPS) is 11.4. The number of sulfonamides is 1. The van der Waals surface area contributed by atoms with E-state index in [-0.39, 0.29) is 22.0 Å². The molecule has 0 aliphatic rings. The summed E-state index contributed by atoms with van der Waals surface area (Å²) in [5.74, 6) is -0.400. The molecule has 0 fully saturated rings. The Morgan fingerprint density at radius 3 is 2.33 bits per heavy atom. The van der Waals surface area contributed by atoms with Gasteiger partial charge < -0.3 is 4.90 Å². The van der Waals surface area contributed by atoms with Gasteiger partial charge in [-0.2, -0.15) is 0 Å². The molecule has 0 radical (unpaired) electrons. The lowest BCUT2D eigenvalue weighted by molar-refractivity contribution is 0.0785. The van der Waals surface area contributed by atoms with Crippen molar-refractivity contribution in [3.05, 3.63) is 62.6 Å². The molecule has 24 heavy (non-hydrogen) atoms. The summed E-state index contributed by atoms with van der Waals surface area (Å²) >= 11 is 17.8. The Morgan fingerprint density at radius 2 is 1.75 bits per heavy atom. The van der Waals surface area contributed by atoms with Gasteiger partial charge in [0.1, 0.15) is 4.90 Å². The van der Waals surface area contributed by atoms with Crippen LogP contribution in [0.1, 0.15) is 15.9 Å². The topological polar surface area (TPSA) is 80.5 Å². The molecule has 128 valence electrons. The van der Waals surface area contributed by atoms with Gasteiger partial charge in [-0.15, -0.1) is 0 Å². The summed E-state index contributed by atoms with van der Waals surface area (Å²) in [6.45, 7) is 0.224. The molecule has 9 heteroatoms. The van der Waals surface area contributed by atoms with Gasteiger partial charge in [0.2, 0.25) is 10.0 Å². The van der Waals surface area contributed by atoms with E-state index in [9.17, 15) is 13.2 Å². The first-order chi connectivity index (χ1) is 11.1. The number of hydrogen-bond acceptors (Lipinski definition) is 3. The van der Waals surface area contributed by atoms with Crippen molar-refractivity contribution in [1.82, 2.24) is 4.90 Å². The first-order valence-electron chi connectivity index (χ1n) is 6.61. The van der Waals surface area contributed by atoms with Crippen LogP contribution in [0.2, 0.25) is 15.1 Å². The zero-order valence-corrected chi connectivity index (χ0v) is 15.5. The Morgan fingerprint density at radius 1 is 1.08 bits per heavy atom. The highest BCUT2D eigenvalue weighted by molar-refractivity contribution is 7.89. The molecule has 0 atom stereocenters. The third-order valence-electron chi connectivity index (χ3n) is 3.25. The van der Waals surface area contributed by atoms with Crippen molar-refractivity contribution in [1.29, 1.82) is 0 Å². The Hall–Kier alpha value is -1.31. The van der Waals surface area contributed by atoms with Gasteiger partial charge in [0, 0.05) is 29.2 Å². The molecular weight excluding hydrogens is 395 g/mol. The van der Waals surface area contributed by atoms with Crippen LogP contribution < -0.4 is 5.14 Å². The molecule has 2 rings (SSSR count). The highest BCUT2D eigenvalue weighted by Crippen LogP contribution is 2.24. The molecule has 0 heterocycles. The second-order valence-electron chi connectivity index (χ2n) is 5.09. The van der Waals surface area contributed by atoms with Gasteiger partial charge in [0.05, 0.1) is 5.02 Å². The van der Waals surface area contributed by atoms with Crippen LogP contribution >= 0.6 is 34.8 Å². The average Bonchev–Trinajstić information content (AvgIpc) is 2.48. The minimum Gasteiger partial charge on any atom is -0.337 e. The molecular formula is C15H13Cl3N2O3S. The quantitative estimate of drug-likeness (QED) is 0.841. The predicted molar refractivity (Wildman–Crippen MR) is 95.1 cm³/mol. The molecule has 0 unspecified atom stereocenters. The van der Waals surface area contributed by atoms with E-state index >= 15 is 0 Å². The summed E-state index contributed by atoms with van der Waals surface area (Å²) in [6, 6.07) is 8.86. The number of nitrogens with two attached hydrogens (primary N) is 1. The third kappa shape index (κ3) is 4.40. The number of rotatable bonds is 4. The lowest BCUT2D eigenvalue weighted by Gasteiger charge is -2.18. The zero-order valence-electron chi connectivity index (χ0n) is 12.5. The molecule has 2 N–H and O–H groups in total. The minimum absolute atomic E-state index is 0.0440. The van der Waals surface area contributed by atoms with E-state index in [1.54, 1.807) is 25.2 Å². The van der Waals surface area contributed by atoms with Crippen molar-refractivity contribution in [3.8, 4) is 0 Å². The van der Waals surface area contributed by atoms with Crippen LogP contribution in [0.4, 0.5) is 0 Å². The van der Waals surface area contributed by atoms with E-state index < -0.39 is 15.9 Å². The first kappa shape index (κ1) is 19.0. The van der Waals surface area contributed by atoms with Gasteiger partial charge in [-0.25, -0.2) is 13.6 Å². The molecule has 5 nitrogen and oxygen atoms in total. The second-order valence-corrected chi connectivity index (χ2v) is 7.87. The van der Waals surface area contributed by atoms with Crippen LogP contribution in [-0.2, 0) is 16.6 Å². The van der Waals surface area contributed by atoms with E-state index in [0.717, 1.165) is 6.07 Å². The molecule has 1 amide bonds. The van der Waals surface area contributed by atoms with Gasteiger partial charge >= 0.3 is 0 Å². The summed E-state index contributed by atoms with van der Waals surface area (Å²) in [6.07, 6.45) is 0. The maximum absolute atomic E-state index is 12.5. The number of benzene rings is 2. The fourth-order valence-electron chi connectivity index (χ4n) is 2.05. The number of amides is 1. The Labute approximate surface area is 155 Å². The summed E-state index contributed by atoms with van der Waals surface area (Å²) in [5, 5.41) is 5.98. The predicted octanol–water partition coefficient (Wildman–Crippen LogP) is 3.57. The van der Waals surface area contributed by atoms with Crippen LogP contribution in [0.15, 0.2) is 41.3 Å². The molecule has 0 aliphatic carbocycles. The summed E-state index contributed by atoms with van der Waals surface area (Å²) < 4.78 is 23.0. The van der Waals surface area contributed by atoms with E-state index in [1.165, 1.54) is 17.0 Å². The molecule has 0 saturated heterocycles. The van der Waals surface area contributed by atoms with Gasteiger partial charge in [-0.1, -0.05) is 40.9 Å². The molecule has 2 aromatic rings. The fourth-order valence-corrected chi connectivity index (χ4v) is 3.59. The molecule has 0 aliphatic heterocycles. The highest BCUT2D eigenvalue weighted by Gasteiger charge is 2.19. The average molecular weight is 408 g/mol. The van der Waals surface area contributed by atoms with Crippen LogP contribution in [-0.4, -0.2) is 26.3 Å². The number of carbonyl (C=O) groups is 1. The third-order valence-corrected chi connectivity index (χ3v) is 5.23. The van der Waals surface area contributed by atoms with E-state index in [1.807, 2.05) is 0 Å². The standard InChI is InChI=1S/C15H13Cl3N2O3S/c1-20(8-10-2-4-11(16)7-13(10)18)15(21)9-3-5-12(17)14(6-9)24(19,22)23/h2-7H,8H2,1H3,(H2,19,22,23). The minimum atomic E-state index is -4.02. The summed E-state index contributed by atoms with van der Waals surface area (Å²) in [5.41, 5.74) is 0.855. The summed E-state index contributed by atoms with van der Waals surface area (Å²) in [7, 11) is -2.46. The Bertz CT molecular complexity index is 901. The SMILES string of the molecule is CN(Cc1ccc(Cl)cc1Cl)C(=O)c1ccc(Cl)c(S(N)(=O)=O)c1. The zero-order chi connectivity index (χ0) is 18.1. The van der Waals surface area contributed by atoms with Gasteiger partial charge in [-0.05, 0) is 35.9 Å². The molecule has 0 spiro atoms. The second kappa shape index (κ2) is 7.29. The lowest BCUT2D eigenvalue weighted by Crippen LogP contribution is -2.26. The van der Waals surface area contributed by atoms with Crippen molar-refractivity contribution < 1.29 is 13.2 Å². The fraction of sp³-hybridized carbons (Fsp3) is 0.133. The van der Waals surface area contributed by atoms with Gasteiger partial charge in [0.25, 0.3) is 5.91 Å². The van der Waals surface area contributed by atoms with Crippen molar-refractivity contribution >= 4 is 50.7 Å². The molecule has 0 saturated carbocycles. The smallest absolute Gasteiger partial charge is 0.253 e. The number of carbonyl (C=O) groups excluding carboxylic acids is 1. The Balaban J connectivity index is 2.28. The maximum atomic E-state index is 12.5. The van der Waals surface area contributed by atoms with E-state index in [4.69, 9.17) is 39.9 Å². The number of hydrogen-bond donors (Lipinski definition) is 1. The van der Waals surface area contributed by atoms with E-state index in [0.29, 0.717) is 15.6 Å². The van der Waals surface area contributed by atoms with Crippen molar-refractivity contribution in [2.75, 3.05) is 7.05 Å². The first-order valence-corrected chi connectivity index (χ1v) is 9.29. The van der Waals surface area contributed by atoms with Crippen molar-refractivity contribution in [2.24, 2.45) is 5.14 Å². The van der Waals surface area contributed by atoms with Crippen LogP contribution in [0.3, 0.4) is 0 Å². The van der Waals surface area contributed by atoms with Crippen molar-refractivity contribution in [3.63, 3.8) is 0 Å². The summed E-state index contributed by atoms with van der Waals surface area (Å²) in [4.78, 5) is 13.6. The van der Waals surface area contributed by atoms with Crippen LogP contribution in [0.5, 0.6) is 0 Å². The monoisotopic (exact) mass is 406 g/mol. The molecule has 2 aromatic carbocycles. The molecule has 0 aromatic heterocycles. The molecule has 0 bridgehead atoms. The number of halogens is 3. The van der Waals surface area contributed by atoms with E-state index in [2.05, 4.69) is 0 Å². The maximum Gasteiger partial charge on any atom is 0.253 e. The van der Waals surface area contributed by atoms with Crippen LogP contribution in [0.25, 0.3) is 0 Å². The van der Waals surface area contributed by atoms with Gasteiger partial charge in [-0.3, -0.25) is 4.79 Å². The van der Waals surface area contributed by atoms with Crippen molar-refractivity contribution in [2.45, 2.75) is 11.4 Å². The lowest BCUT2D eigenvalue weighted by atomic mass is 10.1. The number of primary sulfonamides is 1. The van der Waals surface area contributed by atoms with Gasteiger partial charge in [0.15, 0.2) is 0 Å². The Kier molecular flexibility index (Phi) is 5.78. The largest absolute Gasteiger partial charge is 0.337 e. The number of nitrogens with zero attached hydrogens (tertiary/aromatic N) is 1. The highest BCUT2D eigenvalue weighted by atomic mass is 35.5.